The lowest BCUT2D eigenvalue weighted by Gasteiger charge is -2.12. The minimum absolute atomic E-state index is 0.0701. The van der Waals surface area contributed by atoms with E-state index in [1.807, 2.05) is 24.3 Å². The Hall–Kier alpha value is -3.31. The normalized spacial score (nSPS) is 16.8. The lowest BCUT2D eigenvalue weighted by Crippen LogP contribution is -2.27. The fraction of sp³-hybridized carbons (Fsp3) is 0.259. The largest absolute Gasteiger partial charge is 0.493 e. The molecule has 0 saturated heterocycles. The van der Waals surface area contributed by atoms with Crippen molar-refractivity contribution in [3.63, 3.8) is 0 Å². The molecule has 6 heteroatoms. The molecule has 0 radical (unpaired) electrons. The van der Waals surface area contributed by atoms with E-state index in [9.17, 15) is 9.59 Å². The maximum Gasteiger partial charge on any atom is 0.335 e. The molecule has 0 bridgehead atoms. The molecule has 2 N–H and O–H groups in total. The zero-order chi connectivity index (χ0) is 23.4. The number of rotatable bonds is 9. The van der Waals surface area contributed by atoms with Gasteiger partial charge in [-0.25, -0.2) is 4.79 Å². The van der Waals surface area contributed by atoms with Crippen LogP contribution in [0.2, 0.25) is 5.02 Å². The van der Waals surface area contributed by atoms with E-state index in [1.54, 1.807) is 30.3 Å². The smallest absolute Gasteiger partial charge is 0.335 e. The molecule has 3 aromatic rings. The molecule has 3 aromatic carbocycles. The molecule has 0 aliphatic heterocycles. The molecular weight excluding hydrogens is 438 g/mol. The topological polar surface area (TPSA) is 75.6 Å². The number of carbonyl (C=O) groups excluding carboxylic acids is 1. The molecule has 1 aliphatic carbocycles. The monoisotopic (exact) mass is 463 g/mol. The number of unbranched alkanes of at least 4 members (excludes halogenated alkanes) is 1. The van der Waals surface area contributed by atoms with Crippen molar-refractivity contribution in [3.05, 3.63) is 88.4 Å². The summed E-state index contributed by atoms with van der Waals surface area (Å²) in [6, 6.07) is 20.2. The standard InChI is InChI=1S/C27H26ClNO4/c1-2-3-14-33-25-13-12-21(28)15-23(25)26(30)29-24-16-22(24)19-8-4-17(5-9-19)18-6-10-20(11-7-18)27(31)32/h4-13,15,22,24H,2-3,14,16H2,1H3,(H,29,30)(H,31,32)/t22-,24-/m0/s1. The van der Waals surface area contributed by atoms with Crippen LogP contribution in [0, 0.1) is 0 Å². The Labute approximate surface area is 198 Å². The van der Waals surface area contributed by atoms with Gasteiger partial charge in [0, 0.05) is 17.0 Å². The van der Waals surface area contributed by atoms with Gasteiger partial charge in [0.1, 0.15) is 5.75 Å². The number of nitrogens with one attached hydrogen (secondary N) is 1. The van der Waals surface area contributed by atoms with E-state index in [1.165, 1.54) is 0 Å². The Morgan fingerprint density at radius 1 is 1.03 bits per heavy atom. The molecule has 0 spiro atoms. The highest BCUT2D eigenvalue weighted by Gasteiger charge is 2.39. The number of ether oxygens (including phenoxy) is 1. The number of halogens is 1. The van der Waals surface area contributed by atoms with Gasteiger partial charge >= 0.3 is 5.97 Å². The summed E-state index contributed by atoms with van der Waals surface area (Å²) in [7, 11) is 0. The molecule has 1 saturated carbocycles. The molecule has 33 heavy (non-hydrogen) atoms. The summed E-state index contributed by atoms with van der Waals surface area (Å²) in [5.41, 5.74) is 3.88. The highest BCUT2D eigenvalue weighted by molar-refractivity contribution is 6.31. The summed E-state index contributed by atoms with van der Waals surface area (Å²) in [4.78, 5) is 23.9. The maximum atomic E-state index is 12.9. The van der Waals surface area contributed by atoms with Crippen LogP contribution in [-0.2, 0) is 0 Å². The van der Waals surface area contributed by atoms with Crippen molar-refractivity contribution in [3.8, 4) is 16.9 Å². The lowest BCUT2D eigenvalue weighted by molar-refractivity contribution is 0.0696. The van der Waals surface area contributed by atoms with Crippen LogP contribution < -0.4 is 10.1 Å². The van der Waals surface area contributed by atoms with Crippen molar-refractivity contribution in [1.29, 1.82) is 0 Å². The summed E-state index contributed by atoms with van der Waals surface area (Å²) in [5.74, 6) is -0.287. The van der Waals surface area contributed by atoms with Crippen LogP contribution in [0.1, 0.15) is 58.4 Å². The predicted molar refractivity (Wildman–Crippen MR) is 129 cm³/mol. The van der Waals surface area contributed by atoms with Crippen LogP contribution in [0.25, 0.3) is 11.1 Å². The van der Waals surface area contributed by atoms with Crippen molar-refractivity contribution < 1.29 is 19.4 Å². The number of carboxylic acid groups (broad SMARTS) is 1. The second-order valence-electron chi connectivity index (χ2n) is 8.27. The van der Waals surface area contributed by atoms with E-state index in [2.05, 4.69) is 24.4 Å². The Bertz CT molecular complexity index is 1140. The van der Waals surface area contributed by atoms with Crippen molar-refractivity contribution >= 4 is 23.5 Å². The molecular formula is C27H26ClNO4. The van der Waals surface area contributed by atoms with Crippen LogP contribution in [0.4, 0.5) is 0 Å². The molecule has 1 aliphatic rings. The third-order valence-electron chi connectivity index (χ3n) is 5.85. The van der Waals surface area contributed by atoms with E-state index in [0.717, 1.165) is 36.0 Å². The van der Waals surface area contributed by atoms with Gasteiger partial charge in [-0.2, -0.15) is 0 Å². The summed E-state index contributed by atoms with van der Waals surface area (Å²) in [6.07, 6.45) is 2.82. The lowest BCUT2D eigenvalue weighted by atomic mass is 10.0. The van der Waals surface area contributed by atoms with Crippen LogP contribution >= 0.6 is 11.6 Å². The third kappa shape index (κ3) is 5.55. The first-order valence-corrected chi connectivity index (χ1v) is 11.5. The van der Waals surface area contributed by atoms with E-state index in [4.69, 9.17) is 21.4 Å². The van der Waals surface area contributed by atoms with Gasteiger partial charge in [0.2, 0.25) is 0 Å². The quantitative estimate of drug-likeness (QED) is 0.372. The summed E-state index contributed by atoms with van der Waals surface area (Å²) in [6.45, 7) is 2.66. The number of benzene rings is 3. The number of amides is 1. The van der Waals surface area contributed by atoms with Crippen LogP contribution in [-0.4, -0.2) is 29.6 Å². The van der Waals surface area contributed by atoms with Crippen molar-refractivity contribution in [2.75, 3.05) is 6.61 Å². The molecule has 170 valence electrons. The van der Waals surface area contributed by atoms with Crippen LogP contribution in [0.5, 0.6) is 5.75 Å². The number of hydrogen-bond acceptors (Lipinski definition) is 3. The van der Waals surface area contributed by atoms with Crippen molar-refractivity contribution in [2.45, 2.75) is 38.1 Å². The number of carbonyl (C=O) groups is 2. The minimum Gasteiger partial charge on any atom is -0.493 e. The van der Waals surface area contributed by atoms with Gasteiger partial charge in [-0.3, -0.25) is 4.79 Å². The Morgan fingerprint density at radius 3 is 2.33 bits per heavy atom. The summed E-state index contributed by atoms with van der Waals surface area (Å²) in [5, 5.41) is 12.7. The fourth-order valence-electron chi connectivity index (χ4n) is 3.83. The molecule has 0 heterocycles. The first kappa shape index (κ1) is 22.9. The predicted octanol–water partition coefficient (Wildman–Crippen LogP) is 6.17. The number of carboxylic acids is 1. The van der Waals surface area contributed by atoms with Gasteiger partial charge in [0.25, 0.3) is 5.91 Å². The highest BCUT2D eigenvalue weighted by atomic mass is 35.5. The molecule has 0 aromatic heterocycles. The van der Waals surface area contributed by atoms with Crippen molar-refractivity contribution in [2.24, 2.45) is 0 Å². The first-order chi connectivity index (χ1) is 16.0. The van der Waals surface area contributed by atoms with Gasteiger partial charge in [0.15, 0.2) is 0 Å². The SMILES string of the molecule is CCCCOc1ccc(Cl)cc1C(=O)N[C@H]1C[C@H]1c1ccc(-c2ccc(C(=O)O)cc2)cc1. The molecule has 0 unspecified atom stereocenters. The average molecular weight is 464 g/mol. The number of aromatic carboxylic acids is 1. The summed E-state index contributed by atoms with van der Waals surface area (Å²) < 4.78 is 5.79. The Kier molecular flexibility index (Phi) is 6.99. The first-order valence-electron chi connectivity index (χ1n) is 11.1. The van der Waals surface area contributed by atoms with Gasteiger partial charge in [-0.05, 0) is 59.9 Å². The second kappa shape index (κ2) is 10.1. The fourth-order valence-corrected chi connectivity index (χ4v) is 4.00. The van der Waals surface area contributed by atoms with Gasteiger partial charge < -0.3 is 15.2 Å². The molecule has 4 rings (SSSR count). The zero-order valence-corrected chi connectivity index (χ0v) is 19.1. The zero-order valence-electron chi connectivity index (χ0n) is 18.4. The molecule has 1 amide bonds. The van der Waals surface area contributed by atoms with E-state index < -0.39 is 5.97 Å². The third-order valence-corrected chi connectivity index (χ3v) is 6.09. The number of hydrogen-bond donors (Lipinski definition) is 2. The van der Waals surface area contributed by atoms with E-state index in [-0.39, 0.29) is 23.4 Å². The molecule has 1 fully saturated rings. The van der Waals surface area contributed by atoms with Gasteiger partial charge in [0.05, 0.1) is 17.7 Å². The van der Waals surface area contributed by atoms with Crippen molar-refractivity contribution in [1.82, 2.24) is 5.32 Å². The van der Waals surface area contributed by atoms with Crippen LogP contribution in [0.3, 0.4) is 0 Å². The Morgan fingerprint density at radius 2 is 1.70 bits per heavy atom. The highest BCUT2D eigenvalue weighted by Crippen LogP contribution is 2.41. The maximum absolute atomic E-state index is 12.9. The van der Waals surface area contributed by atoms with E-state index in [0.29, 0.717) is 22.9 Å². The van der Waals surface area contributed by atoms with Gasteiger partial charge in [-0.1, -0.05) is 61.3 Å². The van der Waals surface area contributed by atoms with Gasteiger partial charge in [-0.15, -0.1) is 0 Å². The second-order valence-corrected chi connectivity index (χ2v) is 8.71. The molecule has 2 atom stereocenters. The molecule has 5 nitrogen and oxygen atoms in total. The van der Waals surface area contributed by atoms with Crippen LogP contribution in [0.15, 0.2) is 66.7 Å². The van der Waals surface area contributed by atoms with E-state index >= 15 is 0 Å². The Balaban J connectivity index is 1.39. The minimum atomic E-state index is -0.934. The average Bonchev–Trinajstić information content (AvgIpc) is 3.59. The summed E-state index contributed by atoms with van der Waals surface area (Å²) >= 11 is 6.12.